The second-order valence-electron chi connectivity index (χ2n) is 8.96. The smallest absolute Gasteiger partial charge is 0.166 e. The lowest BCUT2D eigenvalue weighted by molar-refractivity contribution is -0.118. The number of ketones is 1. The molecule has 0 N–H and O–H groups in total. The van der Waals surface area contributed by atoms with E-state index in [2.05, 4.69) is 9.80 Å². The van der Waals surface area contributed by atoms with Crippen molar-refractivity contribution in [1.29, 1.82) is 5.26 Å². The molecular formula is C24H32Cl2FN3O. The normalized spacial score (nSPS) is 22.3. The van der Waals surface area contributed by atoms with E-state index in [1.165, 1.54) is 32.1 Å². The molecule has 0 aromatic heterocycles. The molecule has 1 heterocycles. The molecule has 0 atom stereocenters. The van der Waals surface area contributed by atoms with Gasteiger partial charge in [0.15, 0.2) is 5.82 Å². The van der Waals surface area contributed by atoms with Gasteiger partial charge < -0.3 is 4.90 Å². The van der Waals surface area contributed by atoms with Gasteiger partial charge in [-0.3, -0.25) is 9.69 Å². The van der Waals surface area contributed by atoms with Gasteiger partial charge in [0.05, 0.1) is 28.2 Å². The van der Waals surface area contributed by atoms with Gasteiger partial charge in [-0.15, -0.1) is 0 Å². The van der Waals surface area contributed by atoms with Crippen LogP contribution in [-0.2, 0) is 4.79 Å². The average molecular weight is 468 g/mol. The van der Waals surface area contributed by atoms with E-state index in [4.69, 9.17) is 28.5 Å². The summed E-state index contributed by atoms with van der Waals surface area (Å²) in [6.45, 7) is 4.57. The highest BCUT2D eigenvalue weighted by Crippen LogP contribution is 2.34. The number of hydrogen-bond acceptors (Lipinski definition) is 4. The monoisotopic (exact) mass is 467 g/mol. The molecule has 1 saturated carbocycles. The molecule has 1 aliphatic heterocycles. The zero-order chi connectivity index (χ0) is 22.2. The maximum absolute atomic E-state index is 14.4. The van der Waals surface area contributed by atoms with Crippen molar-refractivity contribution < 1.29 is 9.18 Å². The Kier molecular flexibility index (Phi) is 9.44. The Balaban J connectivity index is 1.32. The molecule has 170 valence electrons. The lowest BCUT2D eigenvalue weighted by atomic mass is 9.78. The number of carbonyl (C=O) groups excluding carboxylic acids is 1. The van der Waals surface area contributed by atoms with E-state index in [-0.39, 0.29) is 22.2 Å². The van der Waals surface area contributed by atoms with E-state index in [0.717, 1.165) is 57.4 Å². The van der Waals surface area contributed by atoms with Crippen LogP contribution in [0.4, 0.5) is 10.1 Å². The average Bonchev–Trinajstić information content (AvgIpc) is 2.78. The summed E-state index contributed by atoms with van der Waals surface area (Å²) in [5.41, 5.74) is 0.543. The fourth-order valence-corrected chi connectivity index (χ4v) is 5.22. The first-order valence-electron chi connectivity index (χ1n) is 11.5. The summed E-state index contributed by atoms with van der Waals surface area (Å²) in [5.74, 6) is 1.20. The van der Waals surface area contributed by atoms with Crippen molar-refractivity contribution in [2.24, 2.45) is 11.8 Å². The Morgan fingerprint density at radius 2 is 1.71 bits per heavy atom. The van der Waals surface area contributed by atoms with Gasteiger partial charge in [0.2, 0.25) is 0 Å². The van der Waals surface area contributed by atoms with Crippen molar-refractivity contribution in [3.63, 3.8) is 0 Å². The first-order valence-corrected chi connectivity index (χ1v) is 12.2. The quantitative estimate of drug-likeness (QED) is 0.411. The molecule has 1 aromatic rings. The molecule has 1 saturated heterocycles. The van der Waals surface area contributed by atoms with Crippen LogP contribution in [0.5, 0.6) is 0 Å². The Morgan fingerprint density at radius 3 is 2.35 bits per heavy atom. The molecular weight excluding hydrogens is 436 g/mol. The van der Waals surface area contributed by atoms with Crippen molar-refractivity contribution in [3.8, 4) is 6.07 Å². The van der Waals surface area contributed by atoms with Crippen LogP contribution in [0.2, 0.25) is 10.0 Å². The Hall–Kier alpha value is -1.35. The maximum Gasteiger partial charge on any atom is 0.166 e. The molecule has 1 aliphatic carbocycles. The second-order valence-corrected chi connectivity index (χ2v) is 9.75. The number of hydrogen-bond donors (Lipinski definition) is 0. The van der Waals surface area contributed by atoms with Crippen molar-refractivity contribution >= 4 is 34.7 Å². The van der Waals surface area contributed by atoms with Gasteiger partial charge in [0, 0.05) is 32.6 Å². The predicted molar refractivity (Wildman–Crippen MR) is 124 cm³/mol. The summed E-state index contributed by atoms with van der Waals surface area (Å²) in [6.07, 6.45) is 9.00. The maximum atomic E-state index is 14.4. The molecule has 1 aromatic carbocycles. The summed E-state index contributed by atoms with van der Waals surface area (Å²) in [6, 6.07) is 5.32. The molecule has 0 radical (unpaired) electrons. The SMILES string of the molecule is N#CCC(=O)CCCC1CCC(CCN2CCN(c3ccc(Cl)c(Cl)c3F)CC2)CC1. The lowest BCUT2D eigenvalue weighted by Gasteiger charge is -2.37. The zero-order valence-corrected chi connectivity index (χ0v) is 19.6. The number of anilines is 1. The third-order valence-corrected chi connectivity index (χ3v) is 7.67. The minimum absolute atomic E-state index is 0.00552. The lowest BCUT2D eigenvalue weighted by Crippen LogP contribution is -2.47. The largest absolute Gasteiger partial charge is 0.367 e. The summed E-state index contributed by atoms with van der Waals surface area (Å²) in [5, 5.41) is 8.81. The Morgan fingerprint density at radius 1 is 1.06 bits per heavy atom. The van der Waals surface area contributed by atoms with Crippen LogP contribution in [0.15, 0.2) is 12.1 Å². The zero-order valence-electron chi connectivity index (χ0n) is 18.1. The van der Waals surface area contributed by atoms with Crippen LogP contribution >= 0.6 is 23.2 Å². The van der Waals surface area contributed by atoms with Crippen LogP contribution < -0.4 is 4.90 Å². The molecule has 2 fully saturated rings. The number of nitrogens with zero attached hydrogens (tertiary/aromatic N) is 3. The topological polar surface area (TPSA) is 47.3 Å². The molecule has 2 aliphatic rings. The van der Waals surface area contributed by atoms with Crippen LogP contribution in [0.3, 0.4) is 0 Å². The van der Waals surface area contributed by atoms with E-state index >= 15 is 0 Å². The Bertz CT molecular complexity index is 782. The molecule has 0 unspecified atom stereocenters. The number of Topliss-reactive ketones (excluding diaryl/α,β-unsaturated/α-hetero) is 1. The van der Waals surface area contributed by atoms with Crippen molar-refractivity contribution in [3.05, 3.63) is 28.0 Å². The third-order valence-electron chi connectivity index (χ3n) is 6.89. The van der Waals surface area contributed by atoms with Crippen molar-refractivity contribution in [1.82, 2.24) is 4.90 Å². The number of rotatable bonds is 9. The molecule has 31 heavy (non-hydrogen) atoms. The van der Waals surface area contributed by atoms with Gasteiger partial charge in [-0.05, 0) is 43.4 Å². The van der Waals surface area contributed by atoms with Gasteiger partial charge in [0.1, 0.15) is 5.78 Å². The molecule has 4 nitrogen and oxygen atoms in total. The van der Waals surface area contributed by atoms with Gasteiger partial charge in [-0.1, -0.05) is 55.3 Å². The Labute approximate surface area is 195 Å². The fraction of sp³-hybridized carbons (Fsp3) is 0.667. The van der Waals surface area contributed by atoms with E-state index in [9.17, 15) is 9.18 Å². The third kappa shape index (κ3) is 7.07. The highest BCUT2D eigenvalue weighted by atomic mass is 35.5. The molecule has 3 rings (SSSR count). The standard InChI is InChI=1S/C24H32Cl2FN3O/c25-21-8-9-22(24(27)23(21)26)30-16-14-29(15-17-30)13-11-19-6-4-18(5-7-19)2-1-3-20(31)10-12-28/h8-9,18-19H,1-7,10-11,13-17H2. The fourth-order valence-electron chi connectivity index (χ4n) is 4.91. The van der Waals surface area contributed by atoms with E-state index in [1.54, 1.807) is 12.1 Å². The molecule has 0 spiro atoms. The van der Waals surface area contributed by atoms with Crippen LogP contribution in [-0.4, -0.2) is 43.4 Å². The molecule has 0 amide bonds. The van der Waals surface area contributed by atoms with E-state index in [1.807, 2.05) is 6.07 Å². The van der Waals surface area contributed by atoms with Crippen LogP contribution in [0.1, 0.15) is 57.8 Å². The van der Waals surface area contributed by atoms with Crippen molar-refractivity contribution in [2.45, 2.75) is 57.8 Å². The summed E-state index contributed by atoms with van der Waals surface area (Å²) < 4.78 is 14.4. The minimum atomic E-state index is -0.422. The van der Waals surface area contributed by atoms with E-state index in [0.29, 0.717) is 12.1 Å². The number of piperazine rings is 1. The van der Waals surface area contributed by atoms with Crippen LogP contribution in [0, 0.1) is 29.0 Å². The van der Waals surface area contributed by atoms with Gasteiger partial charge >= 0.3 is 0 Å². The first-order chi connectivity index (χ1) is 15.0. The summed E-state index contributed by atoms with van der Waals surface area (Å²) in [4.78, 5) is 16.0. The van der Waals surface area contributed by atoms with Gasteiger partial charge in [0.25, 0.3) is 0 Å². The number of carbonyl (C=O) groups is 1. The van der Waals surface area contributed by atoms with Gasteiger partial charge in [-0.2, -0.15) is 5.26 Å². The number of halogens is 3. The van der Waals surface area contributed by atoms with E-state index < -0.39 is 5.82 Å². The molecule has 7 heteroatoms. The summed E-state index contributed by atoms with van der Waals surface area (Å²) in [7, 11) is 0. The minimum Gasteiger partial charge on any atom is -0.367 e. The predicted octanol–water partition coefficient (Wildman–Crippen LogP) is 6.10. The highest BCUT2D eigenvalue weighted by molar-refractivity contribution is 6.42. The van der Waals surface area contributed by atoms with Crippen molar-refractivity contribution in [2.75, 3.05) is 37.6 Å². The van der Waals surface area contributed by atoms with Gasteiger partial charge in [-0.25, -0.2) is 4.39 Å². The second kappa shape index (κ2) is 12.0. The van der Waals surface area contributed by atoms with Crippen LogP contribution in [0.25, 0.3) is 0 Å². The number of nitriles is 1. The summed E-state index contributed by atoms with van der Waals surface area (Å²) >= 11 is 11.9. The molecule has 0 bridgehead atoms. The first kappa shape index (κ1) is 24.3. The number of benzene rings is 1. The highest BCUT2D eigenvalue weighted by Gasteiger charge is 2.24.